The molecule has 0 bridgehead atoms. The fourth-order valence-electron chi connectivity index (χ4n) is 2.65. The van der Waals surface area contributed by atoms with E-state index in [-0.39, 0.29) is 16.9 Å². The van der Waals surface area contributed by atoms with Crippen LogP contribution < -0.4 is 10.5 Å². The van der Waals surface area contributed by atoms with Gasteiger partial charge in [0.15, 0.2) is 0 Å². The predicted octanol–water partition coefficient (Wildman–Crippen LogP) is 3.96. The van der Waals surface area contributed by atoms with Crippen LogP contribution in [0.1, 0.15) is 32.2 Å². The summed E-state index contributed by atoms with van der Waals surface area (Å²) in [5, 5.41) is 8.71. The summed E-state index contributed by atoms with van der Waals surface area (Å²) < 4.78 is 61.2. The predicted molar refractivity (Wildman–Crippen MR) is 107 cm³/mol. The van der Waals surface area contributed by atoms with Crippen molar-refractivity contribution in [2.24, 2.45) is 5.14 Å². The molecular weight excluding hydrogens is 439 g/mol. The molecule has 0 unspecified atom stereocenters. The van der Waals surface area contributed by atoms with Crippen molar-refractivity contribution in [3.8, 4) is 0 Å². The van der Waals surface area contributed by atoms with Gasteiger partial charge in [-0.3, -0.25) is 4.79 Å². The van der Waals surface area contributed by atoms with Crippen LogP contribution in [0.15, 0.2) is 53.4 Å². The molecule has 1 amide bonds. The lowest BCUT2D eigenvalue weighted by Crippen LogP contribution is -2.14. The molecule has 0 fully saturated rings. The van der Waals surface area contributed by atoms with Crippen LogP contribution in [0.2, 0.25) is 0 Å². The first kappa shape index (κ1) is 21.9. The lowest BCUT2D eigenvalue weighted by Gasteiger charge is -2.07. The van der Waals surface area contributed by atoms with Crippen molar-refractivity contribution in [2.75, 3.05) is 5.32 Å². The number of hydrogen-bond donors (Lipinski definition) is 2. The van der Waals surface area contributed by atoms with Gasteiger partial charge in [0.2, 0.25) is 10.0 Å². The largest absolute Gasteiger partial charge is 0.416 e. The second kappa shape index (κ2) is 8.17. The summed E-state index contributed by atoms with van der Waals surface area (Å²) in [6.45, 7) is 1.67. The third-order valence-electron chi connectivity index (χ3n) is 4.12. The van der Waals surface area contributed by atoms with Gasteiger partial charge in [0.1, 0.15) is 5.00 Å². The average molecular weight is 455 g/mol. The Hall–Kier alpha value is -2.76. The SMILES string of the molecule is Cc1nc(Cc2cccc(C(F)(F)F)c2)sc1NC(=O)c1ccc(S(N)(=O)=O)cc1. The number of nitrogens with zero attached hydrogens (tertiary/aromatic N) is 1. The highest BCUT2D eigenvalue weighted by molar-refractivity contribution is 7.89. The Morgan fingerprint density at radius 3 is 2.43 bits per heavy atom. The first-order chi connectivity index (χ1) is 13.9. The molecule has 158 valence electrons. The van der Waals surface area contributed by atoms with Gasteiger partial charge in [-0.15, -0.1) is 11.3 Å². The monoisotopic (exact) mass is 455 g/mol. The van der Waals surface area contributed by atoms with E-state index >= 15 is 0 Å². The third-order valence-corrected chi connectivity index (χ3v) is 6.12. The smallest absolute Gasteiger partial charge is 0.312 e. The molecule has 3 N–H and O–H groups in total. The highest BCUT2D eigenvalue weighted by Gasteiger charge is 2.30. The number of alkyl halides is 3. The number of sulfonamides is 1. The van der Waals surface area contributed by atoms with Crippen LogP contribution >= 0.6 is 11.3 Å². The topological polar surface area (TPSA) is 102 Å². The Morgan fingerprint density at radius 2 is 1.83 bits per heavy atom. The molecule has 0 aliphatic heterocycles. The molecule has 3 rings (SSSR count). The number of primary sulfonamides is 1. The van der Waals surface area contributed by atoms with E-state index < -0.39 is 27.7 Å². The quantitative estimate of drug-likeness (QED) is 0.608. The maximum absolute atomic E-state index is 12.9. The minimum absolute atomic E-state index is 0.114. The van der Waals surface area contributed by atoms with Crippen molar-refractivity contribution in [1.82, 2.24) is 4.98 Å². The third kappa shape index (κ3) is 5.23. The molecule has 2 aromatic carbocycles. The number of benzene rings is 2. The van der Waals surface area contributed by atoms with Crippen LogP contribution in [-0.2, 0) is 22.6 Å². The number of anilines is 1. The molecule has 0 saturated carbocycles. The zero-order valence-corrected chi connectivity index (χ0v) is 17.2. The first-order valence-electron chi connectivity index (χ1n) is 8.50. The van der Waals surface area contributed by atoms with Gasteiger partial charge in [-0.2, -0.15) is 13.2 Å². The molecule has 11 heteroatoms. The number of carbonyl (C=O) groups excluding carboxylic acids is 1. The Bertz CT molecular complexity index is 1190. The van der Waals surface area contributed by atoms with Crippen molar-refractivity contribution in [3.63, 3.8) is 0 Å². The number of halogens is 3. The molecule has 0 aliphatic carbocycles. The minimum atomic E-state index is -4.42. The fourth-order valence-corrected chi connectivity index (χ4v) is 4.16. The average Bonchev–Trinajstić information content (AvgIpc) is 2.99. The zero-order chi connectivity index (χ0) is 22.1. The number of nitrogens with one attached hydrogen (secondary N) is 1. The van der Waals surface area contributed by atoms with E-state index in [1.165, 1.54) is 30.3 Å². The van der Waals surface area contributed by atoms with E-state index in [0.717, 1.165) is 23.5 Å². The summed E-state index contributed by atoms with van der Waals surface area (Å²) in [5.41, 5.74) is 0.464. The molecule has 0 aliphatic rings. The normalized spacial score (nSPS) is 12.0. The van der Waals surface area contributed by atoms with Crippen molar-refractivity contribution in [3.05, 3.63) is 75.9 Å². The number of aryl methyl sites for hydroxylation is 1. The Kier molecular flexibility index (Phi) is 5.97. The molecule has 30 heavy (non-hydrogen) atoms. The maximum atomic E-state index is 12.9. The highest BCUT2D eigenvalue weighted by atomic mass is 32.2. The van der Waals surface area contributed by atoms with E-state index in [0.29, 0.717) is 21.3 Å². The zero-order valence-electron chi connectivity index (χ0n) is 15.5. The van der Waals surface area contributed by atoms with Gasteiger partial charge in [0, 0.05) is 12.0 Å². The van der Waals surface area contributed by atoms with Crippen LogP contribution in [0.4, 0.5) is 18.2 Å². The van der Waals surface area contributed by atoms with Gasteiger partial charge in [-0.25, -0.2) is 18.5 Å². The van der Waals surface area contributed by atoms with Crippen LogP contribution in [0.25, 0.3) is 0 Å². The summed E-state index contributed by atoms with van der Waals surface area (Å²) in [4.78, 5) is 16.6. The Morgan fingerprint density at radius 1 is 1.17 bits per heavy atom. The highest BCUT2D eigenvalue weighted by Crippen LogP contribution is 2.31. The summed E-state index contributed by atoms with van der Waals surface area (Å²) in [5.74, 6) is -0.478. The van der Waals surface area contributed by atoms with Gasteiger partial charge in [-0.05, 0) is 42.8 Å². The maximum Gasteiger partial charge on any atom is 0.416 e. The van der Waals surface area contributed by atoms with E-state index in [1.807, 2.05) is 0 Å². The molecule has 0 atom stereocenters. The molecule has 6 nitrogen and oxygen atoms in total. The molecular formula is C19H16F3N3O3S2. The van der Waals surface area contributed by atoms with Crippen molar-refractivity contribution in [1.29, 1.82) is 0 Å². The lowest BCUT2D eigenvalue weighted by molar-refractivity contribution is -0.137. The van der Waals surface area contributed by atoms with Crippen molar-refractivity contribution < 1.29 is 26.4 Å². The summed E-state index contributed by atoms with van der Waals surface area (Å²) in [6.07, 6.45) is -4.24. The van der Waals surface area contributed by atoms with Crippen LogP contribution in [0.5, 0.6) is 0 Å². The molecule has 0 spiro atoms. The second-order valence-electron chi connectivity index (χ2n) is 6.42. The molecule has 1 aromatic heterocycles. The molecule has 0 radical (unpaired) electrons. The summed E-state index contributed by atoms with van der Waals surface area (Å²) >= 11 is 1.16. The lowest BCUT2D eigenvalue weighted by atomic mass is 10.1. The van der Waals surface area contributed by atoms with Crippen LogP contribution in [-0.4, -0.2) is 19.3 Å². The van der Waals surface area contributed by atoms with Crippen LogP contribution in [0, 0.1) is 6.92 Å². The number of aromatic nitrogens is 1. The number of hydrogen-bond acceptors (Lipinski definition) is 5. The first-order valence-corrected chi connectivity index (χ1v) is 10.9. The van der Waals surface area contributed by atoms with Gasteiger partial charge in [0.05, 0.1) is 21.2 Å². The number of carbonyl (C=O) groups is 1. The van der Waals surface area contributed by atoms with Gasteiger partial charge in [-0.1, -0.05) is 18.2 Å². The van der Waals surface area contributed by atoms with Gasteiger partial charge < -0.3 is 5.32 Å². The Balaban J connectivity index is 1.74. The van der Waals surface area contributed by atoms with Gasteiger partial charge in [0.25, 0.3) is 5.91 Å². The van der Waals surface area contributed by atoms with E-state index in [1.54, 1.807) is 13.0 Å². The van der Waals surface area contributed by atoms with Crippen molar-refractivity contribution in [2.45, 2.75) is 24.4 Å². The minimum Gasteiger partial charge on any atom is -0.312 e. The molecule has 0 saturated heterocycles. The van der Waals surface area contributed by atoms with Crippen LogP contribution in [0.3, 0.4) is 0 Å². The second-order valence-corrected chi connectivity index (χ2v) is 9.07. The van der Waals surface area contributed by atoms with Crippen molar-refractivity contribution >= 4 is 32.3 Å². The summed E-state index contributed by atoms with van der Waals surface area (Å²) in [7, 11) is -3.86. The van der Waals surface area contributed by atoms with E-state index in [4.69, 9.17) is 5.14 Å². The van der Waals surface area contributed by atoms with Gasteiger partial charge >= 0.3 is 6.18 Å². The molecule has 3 aromatic rings. The number of rotatable bonds is 5. The van der Waals surface area contributed by atoms with E-state index in [2.05, 4.69) is 10.3 Å². The van der Waals surface area contributed by atoms with E-state index in [9.17, 15) is 26.4 Å². The standard InChI is InChI=1S/C19H16F3N3O3S2/c1-11-18(25-17(26)13-5-7-15(8-6-13)30(23,27)28)29-16(24-11)10-12-3-2-4-14(9-12)19(20,21)22/h2-9H,10H2,1H3,(H,25,26)(H2,23,27,28). The molecule has 1 heterocycles. The fraction of sp³-hybridized carbons (Fsp3) is 0.158. The number of nitrogens with two attached hydrogens (primary N) is 1. The Labute approximate surface area is 174 Å². The number of thiazole rings is 1. The number of amides is 1. The summed E-state index contributed by atoms with van der Waals surface area (Å²) in [6, 6.07) is 10.1.